The maximum Gasteiger partial charge on any atom is 0.296 e. The van der Waals surface area contributed by atoms with Gasteiger partial charge in [-0.25, -0.2) is 4.58 Å². The Kier molecular flexibility index (Phi) is 2.92. The van der Waals surface area contributed by atoms with Gasteiger partial charge in [0, 0.05) is 12.8 Å². The van der Waals surface area contributed by atoms with Gasteiger partial charge < -0.3 is 10.6 Å². The highest BCUT2D eigenvalue weighted by Crippen LogP contribution is 2.48. The van der Waals surface area contributed by atoms with Crippen molar-refractivity contribution in [3.8, 4) is 0 Å². The van der Waals surface area contributed by atoms with Crippen LogP contribution in [0.1, 0.15) is 20.8 Å². The third-order valence-electron chi connectivity index (χ3n) is 5.36. The smallest absolute Gasteiger partial charge is 0.296 e. The first kappa shape index (κ1) is 13.9. The number of carbonyl (C=O) groups is 1. The average Bonchev–Trinajstić information content (AvgIpc) is 2.82. The molecule has 1 saturated heterocycles. The molecule has 0 bridgehead atoms. The summed E-state index contributed by atoms with van der Waals surface area (Å²) in [6.45, 7) is 8.10. The molecule has 4 aliphatic rings. The molecule has 0 radical (unpaired) electrons. The van der Waals surface area contributed by atoms with E-state index in [1.807, 2.05) is 25.3 Å². The van der Waals surface area contributed by atoms with Crippen LogP contribution in [-0.2, 0) is 4.79 Å². The average molecular weight is 299 g/mol. The van der Waals surface area contributed by atoms with Gasteiger partial charge in [-0.2, -0.15) is 0 Å². The molecular formula is C17H23N4O+. The van der Waals surface area contributed by atoms with Crippen molar-refractivity contribution in [1.82, 2.24) is 10.6 Å². The second-order valence-corrected chi connectivity index (χ2v) is 7.25. The molecule has 3 heterocycles. The second-order valence-electron chi connectivity index (χ2n) is 7.25. The predicted molar refractivity (Wildman–Crippen MR) is 86.0 cm³/mol. The first-order valence-corrected chi connectivity index (χ1v) is 8.08. The Morgan fingerprint density at radius 3 is 2.82 bits per heavy atom. The van der Waals surface area contributed by atoms with Crippen molar-refractivity contribution < 1.29 is 9.37 Å². The molecule has 5 heteroatoms. The number of hydrogen-bond acceptors (Lipinski definition) is 3. The molecule has 116 valence electrons. The van der Waals surface area contributed by atoms with E-state index in [1.165, 1.54) is 0 Å². The number of piperidine rings is 1. The number of aliphatic imine (C=N–C) groups is 1. The van der Waals surface area contributed by atoms with Gasteiger partial charge in [0.05, 0.1) is 6.20 Å². The molecule has 2 fully saturated rings. The molecule has 1 aliphatic carbocycles. The largest absolute Gasteiger partial charge is 0.343 e. The zero-order chi connectivity index (χ0) is 15.5. The Morgan fingerprint density at radius 1 is 1.36 bits per heavy atom. The fraction of sp³-hybridized carbons (Fsp3) is 0.588. The number of nitrogens with zero attached hydrogens (tertiary/aromatic N) is 2. The molecule has 1 amide bonds. The maximum atomic E-state index is 12.6. The highest BCUT2D eigenvalue weighted by molar-refractivity contribution is 6.08. The minimum atomic E-state index is -0.433. The van der Waals surface area contributed by atoms with Crippen molar-refractivity contribution in [2.24, 2.45) is 22.7 Å². The predicted octanol–water partition coefficient (Wildman–Crippen LogP) is 0.684. The molecule has 2 N–H and O–H groups in total. The minimum absolute atomic E-state index is 0.126. The third kappa shape index (κ3) is 1.99. The molecule has 2 unspecified atom stereocenters. The maximum absolute atomic E-state index is 12.6. The van der Waals surface area contributed by atoms with E-state index >= 15 is 0 Å². The van der Waals surface area contributed by atoms with Crippen molar-refractivity contribution >= 4 is 17.5 Å². The van der Waals surface area contributed by atoms with Crippen LogP contribution in [0.2, 0.25) is 0 Å². The van der Waals surface area contributed by atoms with Crippen LogP contribution in [0.5, 0.6) is 0 Å². The summed E-state index contributed by atoms with van der Waals surface area (Å²) in [7, 11) is 0. The summed E-state index contributed by atoms with van der Waals surface area (Å²) in [5.74, 6) is 2.46. The quantitative estimate of drug-likeness (QED) is 0.753. The Hall–Kier alpha value is -1.75. The number of fused-ring (bicyclic) bond motifs is 2. The number of nitrogens with one attached hydrogen (secondary N) is 2. The van der Waals surface area contributed by atoms with Crippen molar-refractivity contribution in [2.75, 3.05) is 13.1 Å². The van der Waals surface area contributed by atoms with E-state index in [0.717, 1.165) is 24.6 Å². The lowest BCUT2D eigenvalue weighted by Gasteiger charge is -2.26. The van der Waals surface area contributed by atoms with Crippen LogP contribution in [0.25, 0.3) is 0 Å². The van der Waals surface area contributed by atoms with Crippen LogP contribution in [0.3, 0.4) is 0 Å². The molecule has 1 saturated carbocycles. The highest BCUT2D eigenvalue weighted by Gasteiger charge is 2.58. The van der Waals surface area contributed by atoms with Crippen LogP contribution in [-0.4, -0.2) is 46.7 Å². The zero-order valence-corrected chi connectivity index (χ0v) is 13.3. The van der Waals surface area contributed by atoms with Crippen molar-refractivity contribution in [3.63, 3.8) is 0 Å². The van der Waals surface area contributed by atoms with Gasteiger partial charge >= 0.3 is 0 Å². The second kappa shape index (κ2) is 4.62. The van der Waals surface area contributed by atoms with Gasteiger partial charge in [-0.1, -0.05) is 6.08 Å². The van der Waals surface area contributed by atoms with Gasteiger partial charge in [0.2, 0.25) is 11.6 Å². The number of hydrogen-bond donors (Lipinski definition) is 2. The van der Waals surface area contributed by atoms with Gasteiger partial charge in [-0.15, -0.1) is 0 Å². The molecule has 5 nitrogen and oxygen atoms in total. The third-order valence-corrected chi connectivity index (χ3v) is 5.36. The topological polar surface area (TPSA) is 56.5 Å². The SMILES string of the molecule is CC1=[N+]2C=CC=CC2C(C(C)(C)NC(=O)C2[C@H]3CNC[C@@H]23)=N1. The van der Waals surface area contributed by atoms with Gasteiger partial charge in [-0.3, -0.25) is 4.79 Å². The van der Waals surface area contributed by atoms with E-state index in [4.69, 9.17) is 4.99 Å². The van der Waals surface area contributed by atoms with E-state index in [1.54, 1.807) is 0 Å². The van der Waals surface area contributed by atoms with E-state index in [2.05, 4.69) is 35.1 Å². The van der Waals surface area contributed by atoms with Crippen molar-refractivity contribution in [1.29, 1.82) is 0 Å². The lowest BCUT2D eigenvalue weighted by atomic mass is 9.91. The number of amides is 1. The highest BCUT2D eigenvalue weighted by atomic mass is 16.2. The Morgan fingerprint density at radius 2 is 2.09 bits per heavy atom. The molecule has 4 rings (SSSR count). The molecule has 3 aliphatic heterocycles. The monoisotopic (exact) mass is 299 g/mol. The van der Waals surface area contributed by atoms with Crippen LogP contribution < -0.4 is 10.6 Å². The lowest BCUT2D eigenvalue weighted by molar-refractivity contribution is -0.466. The van der Waals surface area contributed by atoms with Crippen molar-refractivity contribution in [3.05, 3.63) is 24.4 Å². The number of rotatable bonds is 3. The summed E-state index contributed by atoms with van der Waals surface area (Å²) in [5.41, 5.74) is 0.584. The lowest BCUT2D eigenvalue weighted by Crippen LogP contribution is -2.54. The molecular weight excluding hydrogens is 276 g/mol. The normalized spacial score (nSPS) is 35.3. The number of amidine groups is 1. The van der Waals surface area contributed by atoms with Crippen molar-refractivity contribution in [2.45, 2.75) is 32.4 Å². The first-order valence-electron chi connectivity index (χ1n) is 8.08. The minimum Gasteiger partial charge on any atom is -0.343 e. The van der Waals surface area contributed by atoms with Crippen LogP contribution in [0.15, 0.2) is 29.4 Å². The fourth-order valence-electron chi connectivity index (χ4n) is 4.10. The van der Waals surface area contributed by atoms with E-state index in [0.29, 0.717) is 11.8 Å². The Bertz CT molecular complexity index is 646. The molecule has 0 spiro atoms. The van der Waals surface area contributed by atoms with Gasteiger partial charge in [0.15, 0.2) is 6.04 Å². The molecule has 4 atom stereocenters. The number of carbonyl (C=O) groups excluding carboxylic acids is 1. The van der Waals surface area contributed by atoms with E-state index in [9.17, 15) is 4.79 Å². The van der Waals surface area contributed by atoms with Gasteiger partial charge in [0.25, 0.3) is 5.84 Å². The number of allylic oxidation sites excluding steroid dienone is 2. The fourth-order valence-corrected chi connectivity index (χ4v) is 4.10. The van der Waals surface area contributed by atoms with Crippen LogP contribution in [0, 0.1) is 17.8 Å². The summed E-state index contributed by atoms with van der Waals surface area (Å²) in [6, 6.07) is 0.126. The summed E-state index contributed by atoms with van der Waals surface area (Å²) in [4.78, 5) is 17.3. The van der Waals surface area contributed by atoms with E-state index < -0.39 is 5.54 Å². The Labute approximate surface area is 130 Å². The van der Waals surface area contributed by atoms with Gasteiger partial charge in [0.1, 0.15) is 5.54 Å². The zero-order valence-electron chi connectivity index (χ0n) is 13.3. The summed E-state index contributed by atoms with van der Waals surface area (Å²) < 4.78 is 2.15. The van der Waals surface area contributed by atoms with Gasteiger partial charge in [-0.05, 0) is 55.9 Å². The molecule has 22 heavy (non-hydrogen) atoms. The molecule has 0 aromatic heterocycles. The van der Waals surface area contributed by atoms with Crippen LogP contribution in [0.4, 0.5) is 0 Å². The summed E-state index contributed by atoms with van der Waals surface area (Å²) in [5, 5.41) is 6.58. The Balaban J connectivity index is 1.50. The van der Waals surface area contributed by atoms with Crippen LogP contribution >= 0.6 is 0 Å². The molecule has 0 aromatic rings. The molecule has 0 aromatic carbocycles. The van der Waals surface area contributed by atoms with E-state index in [-0.39, 0.29) is 17.9 Å². The first-order chi connectivity index (χ1) is 10.5. The summed E-state index contributed by atoms with van der Waals surface area (Å²) >= 11 is 0. The standard InChI is InChI=1S/C17H22N4O/c1-10-19-15(13-6-4-5-7-21(10)13)17(2,3)20-16(22)14-11-8-18-9-12(11)14/h4-7,11-14,18H,8-9H2,1-3H3/p+1/t11-,12+,13?,14?. The summed E-state index contributed by atoms with van der Waals surface area (Å²) in [6.07, 6.45) is 8.25.